The quantitative estimate of drug-likeness (QED) is 0.809. The number of rotatable bonds is 5. The van der Waals surface area contributed by atoms with Crippen LogP contribution in [-0.2, 0) is 0 Å². The van der Waals surface area contributed by atoms with E-state index in [1.807, 2.05) is 4.90 Å². The third-order valence-corrected chi connectivity index (χ3v) is 3.90. The average molecular weight is 265 g/mol. The van der Waals surface area contributed by atoms with E-state index in [-0.39, 0.29) is 13.1 Å². The van der Waals surface area contributed by atoms with Crippen LogP contribution in [0.2, 0.25) is 0 Å². The number of hydrogen-bond acceptors (Lipinski definition) is 3. The molecule has 2 fully saturated rings. The van der Waals surface area contributed by atoms with Gasteiger partial charge in [-0.1, -0.05) is 0 Å². The highest BCUT2D eigenvalue weighted by Gasteiger charge is 2.39. The number of nitrogens with two attached hydrogens (primary N) is 1. The minimum Gasteiger partial charge on any atom is -0.330 e. The van der Waals surface area contributed by atoms with Crippen molar-refractivity contribution >= 4 is 0 Å². The first-order chi connectivity index (χ1) is 8.49. The molecule has 0 aromatic heterocycles. The largest absolute Gasteiger partial charge is 0.394 e. The SMILES string of the molecule is NCC(CN1CCN(CC2CC2)CC1)C(F)(F)F. The van der Waals surface area contributed by atoms with Gasteiger partial charge in [0.05, 0.1) is 5.92 Å². The fraction of sp³-hybridized carbons (Fsp3) is 1.00. The first-order valence-electron chi connectivity index (χ1n) is 6.70. The summed E-state index contributed by atoms with van der Waals surface area (Å²) >= 11 is 0. The Morgan fingerprint density at radius 2 is 1.61 bits per heavy atom. The van der Waals surface area contributed by atoms with Gasteiger partial charge in [0.25, 0.3) is 0 Å². The lowest BCUT2D eigenvalue weighted by molar-refractivity contribution is -0.177. The Kier molecular flexibility index (Phi) is 4.50. The molecule has 0 amide bonds. The van der Waals surface area contributed by atoms with E-state index in [0.717, 1.165) is 38.6 Å². The van der Waals surface area contributed by atoms with Gasteiger partial charge in [-0.3, -0.25) is 0 Å². The number of halogens is 3. The number of nitrogens with zero attached hydrogens (tertiary/aromatic N) is 2. The van der Waals surface area contributed by atoms with Crippen LogP contribution < -0.4 is 5.73 Å². The molecular formula is C12H22F3N3. The fourth-order valence-corrected chi connectivity index (χ4v) is 2.44. The molecule has 2 aliphatic rings. The summed E-state index contributed by atoms with van der Waals surface area (Å²) in [6.07, 6.45) is -1.52. The molecule has 106 valence electrons. The maximum atomic E-state index is 12.6. The Bertz CT molecular complexity index is 258. The van der Waals surface area contributed by atoms with E-state index >= 15 is 0 Å². The normalized spacial score (nSPS) is 25.3. The summed E-state index contributed by atoms with van der Waals surface area (Å²) in [7, 11) is 0. The second kappa shape index (κ2) is 5.75. The van der Waals surface area contributed by atoms with Crippen LogP contribution in [0.25, 0.3) is 0 Å². The zero-order valence-corrected chi connectivity index (χ0v) is 10.6. The zero-order chi connectivity index (χ0) is 13.2. The minimum atomic E-state index is -4.17. The Morgan fingerprint density at radius 1 is 1.06 bits per heavy atom. The molecule has 0 radical (unpaired) electrons. The van der Waals surface area contributed by atoms with Gasteiger partial charge in [-0.05, 0) is 18.8 Å². The van der Waals surface area contributed by atoms with Crippen LogP contribution >= 0.6 is 0 Å². The van der Waals surface area contributed by atoms with Gasteiger partial charge in [0, 0.05) is 45.8 Å². The summed E-state index contributed by atoms with van der Waals surface area (Å²) in [6.45, 7) is 4.13. The molecule has 1 heterocycles. The third kappa shape index (κ3) is 4.10. The molecule has 1 aliphatic carbocycles. The molecule has 1 aliphatic heterocycles. The Morgan fingerprint density at radius 3 is 2.06 bits per heavy atom. The second-order valence-electron chi connectivity index (χ2n) is 5.52. The number of alkyl halides is 3. The zero-order valence-electron chi connectivity index (χ0n) is 10.6. The van der Waals surface area contributed by atoms with E-state index in [9.17, 15) is 13.2 Å². The highest BCUT2D eigenvalue weighted by Crippen LogP contribution is 2.30. The highest BCUT2D eigenvalue weighted by atomic mass is 19.4. The molecule has 1 saturated heterocycles. The van der Waals surface area contributed by atoms with Crippen LogP contribution in [0, 0.1) is 11.8 Å². The topological polar surface area (TPSA) is 32.5 Å². The van der Waals surface area contributed by atoms with E-state index in [1.165, 1.54) is 12.8 Å². The third-order valence-electron chi connectivity index (χ3n) is 3.90. The highest BCUT2D eigenvalue weighted by molar-refractivity contribution is 4.82. The van der Waals surface area contributed by atoms with Crippen molar-refractivity contribution in [2.75, 3.05) is 45.8 Å². The van der Waals surface area contributed by atoms with Crippen molar-refractivity contribution < 1.29 is 13.2 Å². The first-order valence-corrected chi connectivity index (χ1v) is 6.70. The van der Waals surface area contributed by atoms with Crippen molar-refractivity contribution in [2.24, 2.45) is 17.6 Å². The predicted octanol–water partition coefficient (Wildman–Crippen LogP) is 1.15. The molecular weight excluding hydrogens is 243 g/mol. The Balaban J connectivity index is 1.71. The predicted molar refractivity (Wildman–Crippen MR) is 64.2 cm³/mol. The summed E-state index contributed by atoms with van der Waals surface area (Å²) in [4.78, 5) is 4.27. The smallest absolute Gasteiger partial charge is 0.330 e. The summed E-state index contributed by atoms with van der Waals surface area (Å²) in [5.74, 6) is -0.531. The van der Waals surface area contributed by atoms with Crippen LogP contribution in [0.15, 0.2) is 0 Å². The number of piperazine rings is 1. The van der Waals surface area contributed by atoms with Crippen molar-refractivity contribution in [3.63, 3.8) is 0 Å². The standard InChI is InChI=1S/C12H22F3N3/c13-12(14,15)11(7-16)9-18-5-3-17(4-6-18)8-10-1-2-10/h10-11H,1-9,16H2. The van der Waals surface area contributed by atoms with Crippen LogP contribution in [0.4, 0.5) is 13.2 Å². The van der Waals surface area contributed by atoms with Crippen molar-refractivity contribution in [2.45, 2.75) is 19.0 Å². The Hall–Kier alpha value is -0.330. The van der Waals surface area contributed by atoms with Crippen LogP contribution in [0.1, 0.15) is 12.8 Å². The van der Waals surface area contributed by atoms with Gasteiger partial charge in [-0.15, -0.1) is 0 Å². The van der Waals surface area contributed by atoms with Crippen molar-refractivity contribution in [3.8, 4) is 0 Å². The van der Waals surface area contributed by atoms with Crippen molar-refractivity contribution in [3.05, 3.63) is 0 Å². The lowest BCUT2D eigenvalue weighted by atomic mass is 10.1. The van der Waals surface area contributed by atoms with Gasteiger partial charge in [-0.25, -0.2) is 0 Å². The summed E-state index contributed by atoms with van der Waals surface area (Å²) < 4.78 is 37.8. The van der Waals surface area contributed by atoms with E-state index in [1.54, 1.807) is 0 Å². The van der Waals surface area contributed by atoms with Gasteiger partial charge in [0.15, 0.2) is 0 Å². The van der Waals surface area contributed by atoms with Crippen LogP contribution in [0.3, 0.4) is 0 Å². The Labute approximate surface area is 106 Å². The van der Waals surface area contributed by atoms with Crippen molar-refractivity contribution in [1.29, 1.82) is 0 Å². The molecule has 3 nitrogen and oxygen atoms in total. The van der Waals surface area contributed by atoms with E-state index < -0.39 is 12.1 Å². The second-order valence-corrected chi connectivity index (χ2v) is 5.52. The number of hydrogen-bond donors (Lipinski definition) is 1. The van der Waals surface area contributed by atoms with Gasteiger partial charge in [0.1, 0.15) is 0 Å². The van der Waals surface area contributed by atoms with Gasteiger partial charge >= 0.3 is 6.18 Å². The van der Waals surface area contributed by atoms with Crippen LogP contribution in [0.5, 0.6) is 0 Å². The van der Waals surface area contributed by atoms with Crippen molar-refractivity contribution in [1.82, 2.24) is 9.80 Å². The van der Waals surface area contributed by atoms with E-state index in [2.05, 4.69) is 4.90 Å². The molecule has 2 rings (SSSR count). The lowest BCUT2D eigenvalue weighted by Gasteiger charge is -2.36. The molecule has 6 heteroatoms. The molecule has 0 bridgehead atoms. The lowest BCUT2D eigenvalue weighted by Crippen LogP contribution is -2.50. The monoisotopic (exact) mass is 265 g/mol. The van der Waals surface area contributed by atoms with Crippen LogP contribution in [-0.4, -0.2) is 61.8 Å². The van der Waals surface area contributed by atoms with E-state index in [0.29, 0.717) is 0 Å². The summed E-state index contributed by atoms with van der Waals surface area (Å²) in [5, 5.41) is 0. The molecule has 0 aromatic carbocycles. The molecule has 18 heavy (non-hydrogen) atoms. The molecule has 0 aromatic rings. The maximum Gasteiger partial charge on any atom is 0.394 e. The van der Waals surface area contributed by atoms with Gasteiger partial charge < -0.3 is 15.5 Å². The van der Waals surface area contributed by atoms with Gasteiger partial charge in [0.2, 0.25) is 0 Å². The summed E-state index contributed by atoms with van der Waals surface area (Å²) in [6, 6.07) is 0. The maximum absolute atomic E-state index is 12.6. The minimum absolute atomic E-state index is 0.0528. The van der Waals surface area contributed by atoms with E-state index in [4.69, 9.17) is 5.73 Å². The molecule has 1 atom stereocenters. The fourth-order valence-electron chi connectivity index (χ4n) is 2.44. The molecule has 1 unspecified atom stereocenters. The average Bonchev–Trinajstić information content (AvgIpc) is 3.10. The molecule has 2 N–H and O–H groups in total. The molecule has 0 spiro atoms. The van der Waals surface area contributed by atoms with Gasteiger partial charge in [-0.2, -0.15) is 13.2 Å². The summed E-state index contributed by atoms with van der Waals surface area (Å²) in [5.41, 5.74) is 5.22. The first kappa shape index (κ1) is 14.1. The molecule has 1 saturated carbocycles.